The van der Waals surface area contributed by atoms with Crippen LogP contribution in [0.25, 0.3) is 0 Å². The maximum atomic E-state index is 6.17. The Kier molecular flexibility index (Phi) is 17.2. The van der Waals surface area contributed by atoms with Gasteiger partial charge in [-0.3, -0.25) is 0 Å². The second-order valence-electron chi connectivity index (χ2n) is 4.51. The van der Waals surface area contributed by atoms with E-state index in [0.29, 0.717) is 9.65 Å². The van der Waals surface area contributed by atoms with Gasteiger partial charge in [-0.25, -0.2) is 0 Å². The van der Waals surface area contributed by atoms with E-state index in [1.165, 1.54) is 24.9 Å². The van der Waals surface area contributed by atoms with Gasteiger partial charge >= 0.3 is 0 Å². The molecule has 2 atom stereocenters. The van der Waals surface area contributed by atoms with Gasteiger partial charge in [0.2, 0.25) is 0 Å². The van der Waals surface area contributed by atoms with Crippen molar-refractivity contribution >= 4 is 84.4 Å². The molecule has 0 spiro atoms. The van der Waals surface area contributed by atoms with Gasteiger partial charge in [0.25, 0.3) is 0 Å². The van der Waals surface area contributed by atoms with Crippen molar-refractivity contribution in [1.82, 2.24) is 0 Å². The molecule has 0 aromatic heterocycles. The molecule has 0 saturated carbocycles. The van der Waals surface area contributed by atoms with Gasteiger partial charge in [0.15, 0.2) is 9.04 Å². The van der Waals surface area contributed by atoms with Crippen LogP contribution in [0.15, 0.2) is 0 Å². The molecule has 0 amide bonds. The Labute approximate surface area is 158 Å². The number of hydrogen-bond donors (Lipinski definition) is 0. The summed E-state index contributed by atoms with van der Waals surface area (Å²) in [5.74, 6) is 0.741. The molecule has 0 fully saturated rings. The summed E-state index contributed by atoms with van der Waals surface area (Å²) in [4.78, 5) is 1.17. The van der Waals surface area contributed by atoms with Crippen LogP contribution in [0.3, 0.4) is 0 Å². The molecule has 0 aliphatic carbocycles. The van der Waals surface area contributed by atoms with Crippen LogP contribution in [-0.2, 0) is 4.43 Å². The lowest BCUT2D eigenvalue weighted by Crippen LogP contribution is -2.26. The van der Waals surface area contributed by atoms with Crippen molar-refractivity contribution in [3.8, 4) is 0 Å². The monoisotopic (exact) mass is 562 g/mol. The molecular weight excluding hydrogens is 543 g/mol. The summed E-state index contributed by atoms with van der Waals surface area (Å²) in [5.41, 5.74) is 0. The number of halogens is 5. The van der Waals surface area contributed by atoms with Crippen molar-refractivity contribution in [2.75, 3.05) is 23.1 Å². The zero-order valence-electron chi connectivity index (χ0n) is 11.1. The fraction of sp³-hybridized carbons (Fsp3) is 1.00. The Morgan fingerprint density at radius 2 is 1.47 bits per heavy atom. The molecule has 0 saturated heterocycles. The molecule has 0 aromatic rings. The van der Waals surface area contributed by atoms with Crippen LogP contribution in [0.1, 0.15) is 25.7 Å². The van der Waals surface area contributed by atoms with Crippen molar-refractivity contribution in [3.63, 3.8) is 0 Å². The van der Waals surface area contributed by atoms with Gasteiger partial charge < -0.3 is 4.43 Å². The lowest BCUT2D eigenvalue weighted by atomic mass is 10.4. The highest BCUT2D eigenvalue weighted by atomic mass is 79.9. The fourth-order valence-corrected chi connectivity index (χ4v) is 9.78. The van der Waals surface area contributed by atoms with Crippen molar-refractivity contribution in [2.24, 2.45) is 0 Å². The molecule has 0 heterocycles. The van der Waals surface area contributed by atoms with Gasteiger partial charge in [0, 0.05) is 32.8 Å². The summed E-state index contributed by atoms with van der Waals surface area (Å²) in [5, 5.41) is 2.10. The Bertz CT molecular complexity index is 189. The number of rotatable bonds is 13. The van der Waals surface area contributed by atoms with Crippen LogP contribution in [0, 0.1) is 0 Å². The average Bonchev–Trinajstić information content (AvgIpc) is 2.35. The molecule has 0 rings (SSSR count). The molecule has 1 nitrogen and oxygen atoms in total. The minimum absolute atomic E-state index is 0.584. The predicted octanol–water partition coefficient (Wildman–Crippen LogP) is 5.84. The number of unbranched alkanes of at least 4 members (excludes halogenated alkanes) is 1. The van der Waals surface area contributed by atoms with E-state index < -0.39 is 9.04 Å². The van der Waals surface area contributed by atoms with Crippen LogP contribution >= 0.6 is 75.3 Å². The first kappa shape index (κ1) is 21.4. The molecule has 2 unspecified atom stereocenters. The Hall–Kier alpha value is 2.39. The highest BCUT2D eigenvalue weighted by molar-refractivity contribution is 9.10. The maximum absolute atomic E-state index is 6.17. The van der Waals surface area contributed by atoms with Gasteiger partial charge in [0.1, 0.15) is 0 Å². The minimum atomic E-state index is -1.13. The second kappa shape index (κ2) is 15.3. The number of hydrogen-bond acceptors (Lipinski definition) is 1. The molecule has 0 radical (unpaired) electrons. The molecule has 0 N–H and O–H groups in total. The molecule has 0 aromatic carbocycles. The zero-order valence-corrected chi connectivity index (χ0v) is 19.4. The second-order valence-corrected chi connectivity index (χ2v) is 11.6. The van der Waals surface area contributed by atoms with Gasteiger partial charge in [-0.2, -0.15) is 0 Å². The molecule has 19 heavy (non-hydrogen) atoms. The summed E-state index contributed by atoms with van der Waals surface area (Å²) in [6.45, 7) is 0.881. The summed E-state index contributed by atoms with van der Waals surface area (Å²) < 4.78 is 6.17. The number of alkyl halides is 5. The van der Waals surface area contributed by atoms with E-state index in [1.807, 2.05) is 0 Å². The first-order chi connectivity index (χ1) is 9.13. The lowest BCUT2D eigenvalue weighted by molar-refractivity contribution is 0.309. The largest absolute Gasteiger partial charge is 0.420 e. The van der Waals surface area contributed by atoms with E-state index in [4.69, 9.17) is 16.0 Å². The van der Waals surface area contributed by atoms with E-state index in [2.05, 4.69) is 63.7 Å². The summed E-state index contributed by atoms with van der Waals surface area (Å²) in [7, 11) is -1.13. The minimum Gasteiger partial charge on any atom is -0.420 e. The van der Waals surface area contributed by atoms with E-state index in [-0.39, 0.29) is 0 Å². The standard InChI is InChI=1S/C12H23Br4ClOSi/c13-5-3-11(15)9-19(10-12(16)4-6-14)18-8-2-1-7-17/h11-12,19H,1-10H2. The van der Waals surface area contributed by atoms with Crippen molar-refractivity contribution < 1.29 is 4.43 Å². The van der Waals surface area contributed by atoms with Crippen LogP contribution in [0.5, 0.6) is 0 Å². The van der Waals surface area contributed by atoms with Crippen molar-refractivity contribution in [1.29, 1.82) is 0 Å². The third kappa shape index (κ3) is 13.8. The smallest absolute Gasteiger partial charge is 0.179 e. The summed E-state index contributed by atoms with van der Waals surface area (Å²) in [6.07, 6.45) is 4.48. The Balaban J connectivity index is 4.05. The van der Waals surface area contributed by atoms with E-state index in [0.717, 1.165) is 36.0 Å². The highest BCUT2D eigenvalue weighted by Crippen LogP contribution is 2.22. The van der Waals surface area contributed by atoms with E-state index >= 15 is 0 Å². The van der Waals surface area contributed by atoms with Gasteiger partial charge in [-0.1, -0.05) is 63.7 Å². The summed E-state index contributed by atoms with van der Waals surface area (Å²) >= 11 is 20.2. The zero-order chi connectivity index (χ0) is 14.5. The normalized spacial score (nSPS) is 16.3. The summed E-state index contributed by atoms with van der Waals surface area (Å²) in [6, 6.07) is 2.41. The molecular formula is C12H23Br4ClOSi. The van der Waals surface area contributed by atoms with Crippen LogP contribution in [-0.4, -0.2) is 41.8 Å². The Morgan fingerprint density at radius 3 is 1.89 bits per heavy atom. The predicted molar refractivity (Wildman–Crippen MR) is 105 cm³/mol. The maximum Gasteiger partial charge on any atom is 0.179 e. The lowest BCUT2D eigenvalue weighted by Gasteiger charge is -2.21. The molecule has 0 aliphatic heterocycles. The first-order valence-corrected chi connectivity index (χ1v) is 13.4. The van der Waals surface area contributed by atoms with Crippen LogP contribution < -0.4 is 0 Å². The quantitative estimate of drug-likeness (QED) is 0.155. The van der Waals surface area contributed by atoms with Gasteiger partial charge in [-0.05, 0) is 37.8 Å². The topological polar surface area (TPSA) is 9.23 Å². The molecule has 7 heteroatoms. The molecule has 0 bridgehead atoms. The Morgan fingerprint density at radius 1 is 0.947 bits per heavy atom. The first-order valence-electron chi connectivity index (χ1n) is 6.71. The van der Waals surface area contributed by atoms with Gasteiger partial charge in [0.05, 0.1) is 0 Å². The van der Waals surface area contributed by atoms with Gasteiger partial charge in [-0.15, -0.1) is 11.6 Å². The third-order valence-corrected chi connectivity index (χ3v) is 9.89. The molecule has 116 valence electrons. The third-order valence-electron chi connectivity index (χ3n) is 2.76. The highest BCUT2D eigenvalue weighted by Gasteiger charge is 2.20. The van der Waals surface area contributed by atoms with E-state index in [9.17, 15) is 0 Å². The van der Waals surface area contributed by atoms with Crippen molar-refractivity contribution in [3.05, 3.63) is 0 Å². The molecule has 0 aliphatic rings. The SMILES string of the molecule is ClCCCCO[SiH](CC(Br)CCBr)CC(Br)CCBr. The van der Waals surface area contributed by atoms with E-state index in [1.54, 1.807) is 0 Å². The van der Waals surface area contributed by atoms with Crippen LogP contribution in [0.2, 0.25) is 12.1 Å². The average molecular weight is 566 g/mol. The van der Waals surface area contributed by atoms with Crippen LogP contribution in [0.4, 0.5) is 0 Å². The fourth-order valence-electron chi connectivity index (χ4n) is 1.72. The van der Waals surface area contributed by atoms with Crippen molar-refractivity contribution in [2.45, 2.75) is 47.4 Å².